The van der Waals surface area contributed by atoms with Crippen molar-refractivity contribution in [3.05, 3.63) is 62.2 Å². The van der Waals surface area contributed by atoms with Gasteiger partial charge in [-0.25, -0.2) is 0 Å². The minimum atomic E-state index is -1.32. The molecule has 0 fully saturated rings. The second-order valence-corrected chi connectivity index (χ2v) is 6.59. The zero-order valence-corrected chi connectivity index (χ0v) is 18.2. The molecule has 0 radical (unpaired) electrons. The lowest BCUT2D eigenvalue weighted by molar-refractivity contribution is -0.385. The van der Waals surface area contributed by atoms with E-state index in [1.165, 1.54) is 45.4 Å². The maximum Gasteiger partial charge on any atom is 0.326 e. The molecule has 2 amide bonds. The quantitative estimate of drug-likeness (QED) is 0.290. The highest BCUT2D eigenvalue weighted by atomic mass is 16.6. The highest BCUT2D eigenvalue weighted by Gasteiger charge is 2.22. The highest BCUT2D eigenvalue weighted by Crippen LogP contribution is 2.29. The summed E-state index contributed by atoms with van der Waals surface area (Å²) in [6.45, 7) is 0.627. The van der Waals surface area contributed by atoms with Crippen LogP contribution in [0, 0.1) is 20.2 Å². The van der Waals surface area contributed by atoms with Crippen LogP contribution in [0.4, 0.5) is 17.1 Å². The van der Waals surface area contributed by atoms with Crippen molar-refractivity contribution in [2.24, 2.45) is 0 Å². The molecule has 0 aliphatic carbocycles. The summed E-state index contributed by atoms with van der Waals surface area (Å²) in [6, 6.07) is 7.07. The van der Waals surface area contributed by atoms with Crippen LogP contribution >= 0.6 is 0 Å². The minimum Gasteiger partial charge on any atom is -0.495 e. The van der Waals surface area contributed by atoms with E-state index >= 15 is 0 Å². The van der Waals surface area contributed by atoms with E-state index in [1.807, 2.05) is 0 Å². The van der Waals surface area contributed by atoms with Crippen molar-refractivity contribution in [2.45, 2.75) is 13.0 Å². The number of rotatable bonds is 10. The first-order valence-electron chi connectivity index (χ1n) is 9.50. The van der Waals surface area contributed by atoms with Gasteiger partial charge in [0.15, 0.2) is 11.9 Å². The summed E-state index contributed by atoms with van der Waals surface area (Å²) in [5.41, 5.74) is -0.815. The molecule has 0 aliphatic rings. The minimum absolute atomic E-state index is 0.000924. The van der Waals surface area contributed by atoms with E-state index in [0.717, 1.165) is 12.1 Å². The Balaban J connectivity index is 1.96. The van der Waals surface area contributed by atoms with Crippen molar-refractivity contribution in [1.82, 2.24) is 5.32 Å². The van der Waals surface area contributed by atoms with Crippen molar-refractivity contribution in [2.75, 3.05) is 26.1 Å². The fourth-order valence-corrected chi connectivity index (χ4v) is 2.66. The van der Waals surface area contributed by atoms with Crippen LogP contribution in [0.25, 0.3) is 0 Å². The number of methoxy groups -OCH3 is 2. The average molecular weight is 476 g/mol. The molecule has 0 heterocycles. The summed E-state index contributed by atoms with van der Waals surface area (Å²) in [5, 5.41) is 26.6. The summed E-state index contributed by atoms with van der Waals surface area (Å²) < 4.78 is 14.9. The molecular weight excluding hydrogens is 456 g/mol. The average Bonchev–Trinajstić information content (AvgIpc) is 2.81. The molecule has 0 saturated carbocycles. The zero-order chi connectivity index (χ0) is 25.4. The molecule has 0 aliphatic heterocycles. The lowest BCUT2D eigenvalue weighted by Crippen LogP contribution is -2.35. The van der Waals surface area contributed by atoms with Crippen molar-refractivity contribution in [3.8, 4) is 11.5 Å². The number of nitro groups is 2. The number of nitrogens with zero attached hydrogens (tertiary/aromatic N) is 2. The topological polar surface area (TPSA) is 189 Å². The van der Waals surface area contributed by atoms with E-state index < -0.39 is 46.0 Å². The van der Waals surface area contributed by atoms with E-state index in [4.69, 9.17) is 14.2 Å². The number of non-ortho nitro benzene ring substituents is 1. The Morgan fingerprint density at radius 1 is 0.971 bits per heavy atom. The van der Waals surface area contributed by atoms with Gasteiger partial charge in [-0.3, -0.25) is 34.6 Å². The first kappa shape index (κ1) is 25.5. The molecule has 1 atom stereocenters. The van der Waals surface area contributed by atoms with Crippen LogP contribution in [-0.4, -0.2) is 54.5 Å². The SMILES string of the molecule is COc1ccc([N+](=O)[O-])cc1NC(=O)C(C)OC(=O)CNC(=O)c1ccc(OC)c([N+](=O)[O-])c1. The van der Waals surface area contributed by atoms with Gasteiger partial charge in [-0.1, -0.05) is 0 Å². The third-order valence-electron chi connectivity index (χ3n) is 4.36. The number of esters is 1. The number of ether oxygens (including phenoxy) is 3. The molecule has 0 aromatic heterocycles. The monoisotopic (exact) mass is 476 g/mol. The van der Waals surface area contributed by atoms with E-state index in [1.54, 1.807) is 0 Å². The van der Waals surface area contributed by atoms with Crippen molar-refractivity contribution in [3.63, 3.8) is 0 Å². The summed E-state index contributed by atoms with van der Waals surface area (Å²) in [5.74, 6) is -2.45. The molecule has 0 spiro atoms. The molecule has 14 nitrogen and oxygen atoms in total. The van der Waals surface area contributed by atoms with Crippen molar-refractivity contribution >= 4 is 34.8 Å². The Labute approximate surface area is 192 Å². The van der Waals surface area contributed by atoms with Crippen LogP contribution in [0.1, 0.15) is 17.3 Å². The molecule has 1 unspecified atom stereocenters. The number of carbonyl (C=O) groups is 3. The maximum absolute atomic E-state index is 12.3. The number of hydrogen-bond donors (Lipinski definition) is 2. The number of nitrogens with one attached hydrogen (secondary N) is 2. The van der Waals surface area contributed by atoms with Crippen LogP contribution in [0.2, 0.25) is 0 Å². The third-order valence-corrected chi connectivity index (χ3v) is 4.36. The summed E-state index contributed by atoms with van der Waals surface area (Å²) in [6.07, 6.45) is -1.32. The van der Waals surface area contributed by atoms with Gasteiger partial charge >= 0.3 is 11.7 Å². The predicted octanol–water partition coefficient (Wildman–Crippen LogP) is 1.82. The van der Waals surface area contributed by atoms with Gasteiger partial charge in [0.05, 0.1) is 29.8 Å². The normalized spacial score (nSPS) is 11.0. The fourth-order valence-electron chi connectivity index (χ4n) is 2.66. The Bertz CT molecular complexity index is 1130. The van der Waals surface area contributed by atoms with Crippen LogP contribution in [0.5, 0.6) is 11.5 Å². The molecule has 180 valence electrons. The van der Waals surface area contributed by atoms with Crippen molar-refractivity contribution < 1.29 is 38.4 Å². The first-order valence-corrected chi connectivity index (χ1v) is 9.50. The number of carbonyl (C=O) groups excluding carboxylic acids is 3. The summed E-state index contributed by atoms with van der Waals surface area (Å²) >= 11 is 0. The third kappa shape index (κ3) is 6.38. The molecule has 2 rings (SSSR count). The zero-order valence-electron chi connectivity index (χ0n) is 18.2. The smallest absolute Gasteiger partial charge is 0.326 e. The van der Waals surface area contributed by atoms with E-state index in [9.17, 15) is 34.6 Å². The predicted molar refractivity (Wildman–Crippen MR) is 116 cm³/mol. The number of nitro benzene ring substituents is 2. The second-order valence-electron chi connectivity index (χ2n) is 6.59. The molecule has 14 heteroatoms. The number of amides is 2. The van der Waals surface area contributed by atoms with Gasteiger partial charge in [-0.2, -0.15) is 0 Å². The molecule has 0 saturated heterocycles. The van der Waals surface area contributed by atoms with Gasteiger partial charge in [0.2, 0.25) is 0 Å². The molecule has 34 heavy (non-hydrogen) atoms. The van der Waals surface area contributed by atoms with Gasteiger partial charge in [-0.15, -0.1) is 0 Å². The summed E-state index contributed by atoms with van der Waals surface area (Å²) in [7, 11) is 2.55. The molecule has 2 aromatic rings. The van der Waals surface area contributed by atoms with E-state index in [2.05, 4.69) is 10.6 Å². The maximum atomic E-state index is 12.3. The van der Waals surface area contributed by atoms with Crippen LogP contribution in [0.3, 0.4) is 0 Å². The molecular formula is C20H20N4O10. The lowest BCUT2D eigenvalue weighted by Gasteiger charge is -2.15. The van der Waals surface area contributed by atoms with Gasteiger partial charge in [0.1, 0.15) is 12.3 Å². The fraction of sp³-hybridized carbons (Fsp3) is 0.250. The Hall–Kier alpha value is -4.75. The number of hydrogen-bond acceptors (Lipinski definition) is 10. The number of anilines is 1. The molecule has 0 bridgehead atoms. The van der Waals surface area contributed by atoms with Gasteiger partial charge in [0, 0.05) is 23.8 Å². The standard InChI is InChI=1S/C20H20N4O10/c1-11(19(26)22-14-9-13(23(28)29)5-7-16(14)32-2)34-18(25)10-21-20(27)12-4-6-17(33-3)15(8-12)24(30)31/h4-9,11H,10H2,1-3H3,(H,21,27)(H,22,26). The Kier molecular flexibility index (Phi) is 8.41. The van der Waals surface area contributed by atoms with Gasteiger partial charge in [-0.05, 0) is 25.1 Å². The van der Waals surface area contributed by atoms with Crippen LogP contribution in [-0.2, 0) is 14.3 Å². The van der Waals surface area contributed by atoms with E-state index in [0.29, 0.717) is 0 Å². The molecule has 2 aromatic carbocycles. The summed E-state index contributed by atoms with van der Waals surface area (Å²) in [4.78, 5) is 57.2. The van der Waals surface area contributed by atoms with Crippen LogP contribution < -0.4 is 20.1 Å². The largest absolute Gasteiger partial charge is 0.495 e. The highest BCUT2D eigenvalue weighted by molar-refractivity contribution is 5.98. The second kappa shape index (κ2) is 11.2. The lowest BCUT2D eigenvalue weighted by atomic mass is 10.1. The van der Waals surface area contributed by atoms with E-state index in [-0.39, 0.29) is 28.4 Å². The molecule has 2 N–H and O–H groups in total. The number of benzene rings is 2. The Morgan fingerprint density at radius 3 is 2.21 bits per heavy atom. The first-order chi connectivity index (χ1) is 16.1. The van der Waals surface area contributed by atoms with Crippen molar-refractivity contribution in [1.29, 1.82) is 0 Å². The van der Waals surface area contributed by atoms with Gasteiger partial charge in [0.25, 0.3) is 17.5 Å². The Morgan fingerprint density at radius 2 is 1.62 bits per heavy atom. The van der Waals surface area contributed by atoms with Crippen LogP contribution in [0.15, 0.2) is 36.4 Å². The van der Waals surface area contributed by atoms with Gasteiger partial charge < -0.3 is 24.8 Å².